The van der Waals surface area contributed by atoms with Gasteiger partial charge in [-0.2, -0.15) is 0 Å². The number of hydrogen-bond acceptors (Lipinski definition) is 8. The maximum Gasteiger partial charge on any atom is 0.265 e. The fourth-order valence-electron chi connectivity index (χ4n) is 3.30. The van der Waals surface area contributed by atoms with Crippen LogP contribution in [0.15, 0.2) is 53.4 Å². The number of hydrogen-bond donors (Lipinski definition) is 2. The van der Waals surface area contributed by atoms with Gasteiger partial charge >= 0.3 is 0 Å². The largest absolute Gasteiger partial charge is 0.497 e. The third kappa shape index (κ3) is 5.83. The van der Waals surface area contributed by atoms with Gasteiger partial charge in [0.1, 0.15) is 33.9 Å². The summed E-state index contributed by atoms with van der Waals surface area (Å²) in [4.78, 5) is 11.1. The lowest BCUT2D eigenvalue weighted by Crippen LogP contribution is -2.23. The van der Waals surface area contributed by atoms with E-state index >= 15 is 0 Å². The van der Waals surface area contributed by atoms with Crippen LogP contribution in [0, 0.1) is 6.92 Å². The Hall–Kier alpha value is -3.53. The first-order valence-electron chi connectivity index (χ1n) is 10.5. The van der Waals surface area contributed by atoms with Crippen LogP contribution in [-0.4, -0.2) is 45.7 Å². The van der Waals surface area contributed by atoms with E-state index in [1.54, 1.807) is 36.4 Å². The van der Waals surface area contributed by atoms with E-state index in [1.165, 1.54) is 20.3 Å². The fourth-order valence-corrected chi connectivity index (χ4v) is 4.54. The number of aryl methyl sites for hydroxylation is 1. The average molecular weight is 472 g/mol. The summed E-state index contributed by atoms with van der Waals surface area (Å²) in [6.07, 6.45) is 0. The number of nitrogens with one attached hydrogen (secondary N) is 2. The highest BCUT2D eigenvalue weighted by atomic mass is 32.2. The van der Waals surface area contributed by atoms with Crippen LogP contribution in [0.25, 0.3) is 0 Å². The molecule has 0 spiro atoms. The topological polar surface area (TPSA) is 106 Å². The van der Waals surface area contributed by atoms with Crippen LogP contribution in [0.5, 0.6) is 11.5 Å². The highest BCUT2D eigenvalue weighted by Crippen LogP contribution is 2.30. The summed E-state index contributed by atoms with van der Waals surface area (Å²) in [6, 6.07) is 13.4. The Bertz CT molecular complexity index is 1200. The monoisotopic (exact) mass is 471 g/mol. The van der Waals surface area contributed by atoms with Gasteiger partial charge in [-0.15, -0.1) is 0 Å². The molecule has 3 aromatic rings. The molecule has 3 rings (SSSR count). The number of nitrogens with zero attached hydrogens (tertiary/aromatic N) is 3. The van der Waals surface area contributed by atoms with Crippen molar-refractivity contribution in [2.75, 3.05) is 42.2 Å². The van der Waals surface area contributed by atoms with Gasteiger partial charge < -0.3 is 19.7 Å². The normalized spacial score (nSPS) is 11.1. The van der Waals surface area contributed by atoms with Gasteiger partial charge in [0, 0.05) is 36.6 Å². The van der Waals surface area contributed by atoms with Crippen molar-refractivity contribution in [2.24, 2.45) is 0 Å². The standard InChI is InChI=1S/C23H29N5O4S/c1-6-28(7-2)23-15-22(24-16(3)25-23)26-17-8-10-18(11-9-17)27-33(29,30)21-14-19(31-4)12-13-20(21)32-5/h8-15,27H,6-7H2,1-5H3,(H,24,25,26). The molecule has 2 aromatic carbocycles. The van der Waals surface area contributed by atoms with E-state index < -0.39 is 10.0 Å². The molecule has 0 saturated carbocycles. The number of anilines is 4. The summed E-state index contributed by atoms with van der Waals surface area (Å²) in [5.74, 6) is 2.83. The highest BCUT2D eigenvalue weighted by Gasteiger charge is 2.21. The maximum absolute atomic E-state index is 12.9. The van der Waals surface area contributed by atoms with Crippen LogP contribution in [0.2, 0.25) is 0 Å². The van der Waals surface area contributed by atoms with Crippen LogP contribution >= 0.6 is 0 Å². The molecule has 0 atom stereocenters. The van der Waals surface area contributed by atoms with Gasteiger partial charge in [-0.25, -0.2) is 18.4 Å². The van der Waals surface area contributed by atoms with Crippen molar-refractivity contribution >= 4 is 33.0 Å². The second-order valence-electron chi connectivity index (χ2n) is 7.16. The van der Waals surface area contributed by atoms with Crippen molar-refractivity contribution in [3.8, 4) is 11.5 Å². The summed E-state index contributed by atoms with van der Waals surface area (Å²) < 4.78 is 38.8. The van der Waals surface area contributed by atoms with Crippen molar-refractivity contribution in [1.29, 1.82) is 0 Å². The second kappa shape index (κ2) is 10.4. The predicted molar refractivity (Wildman–Crippen MR) is 130 cm³/mol. The predicted octanol–water partition coefficient (Wildman–Crippen LogP) is 4.19. The maximum atomic E-state index is 12.9. The van der Waals surface area contributed by atoms with Gasteiger partial charge in [-0.1, -0.05) is 0 Å². The SMILES string of the molecule is CCN(CC)c1cc(Nc2ccc(NS(=O)(=O)c3cc(OC)ccc3OC)cc2)nc(C)n1. The van der Waals surface area contributed by atoms with Crippen molar-refractivity contribution in [3.05, 3.63) is 54.4 Å². The molecule has 0 bridgehead atoms. The number of methoxy groups -OCH3 is 2. The molecule has 2 N–H and O–H groups in total. The van der Waals surface area contributed by atoms with E-state index in [9.17, 15) is 8.42 Å². The summed E-state index contributed by atoms with van der Waals surface area (Å²) in [7, 11) is -0.996. The number of ether oxygens (including phenoxy) is 2. The van der Waals surface area contributed by atoms with Crippen LogP contribution in [0.4, 0.5) is 23.0 Å². The quantitative estimate of drug-likeness (QED) is 0.453. The molecule has 1 heterocycles. The van der Waals surface area contributed by atoms with Gasteiger partial charge in [0.15, 0.2) is 0 Å². The Morgan fingerprint density at radius 3 is 2.18 bits per heavy atom. The smallest absolute Gasteiger partial charge is 0.265 e. The number of aromatic nitrogens is 2. The lowest BCUT2D eigenvalue weighted by molar-refractivity contribution is 0.392. The van der Waals surface area contributed by atoms with E-state index in [-0.39, 0.29) is 10.6 Å². The molecule has 0 fully saturated rings. The number of sulfonamides is 1. The van der Waals surface area contributed by atoms with Crippen molar-refractivity contribution < 1.29 is 17.9 Å². The van der Waals surface area contributed by atoms with Gasteiger partial charge in [0.05, 0.1) is 14.2 Å². The average Bonchev–Trinajstić information content (AvgIpc) is 2.80. The number of benzene rings is 2. The van der Waals surface area contributed by atoms with Crippen molar-refractivity contribution in [1.82, 2.24) is 9.97 Å². The Balaban J connectivity index is 1.79. The van der Waals surface area contributed by atoms with Crippen molar-refractivity contribution in [3.63, 3.8) is 0 Å². The summed E-state index contributed by atoms with van der Waals surface area (Å²) >= 11 is 0. The van der Waals surface area contributed by atoms with Gasteiger partial charge in [0.2, 0.25) is 0 Å². The first-order valence-corrected chi connectivity index (χ1v) is 12.0. The minimum Gasteiger partial charge on any atom is -0.497 e. The molecule has 0 radical (unpaired) electrons. The molecule has 33 heavy (non-hydrogen) atoms. The Morgan fingerprint density at radius 2 is 1.58 bits per heavy atom. The van der Waals surface area contributed by atoms with E-state index in [0.717, 1.165) is 24.6 Å². The number of rotatable bonds is 10. The van der Waals surface area contributed by atoms with Crippen LogP contribution < -0.4 is 24.4 Å². The van der Waals surface area contributed by atoms with Crippen LogP contribution in [0.1, 0.15) is 19.7 Å². The molecule has 0 aliphatic rings. The zero-order valence-corrected chi connectivity index (χ0v) is 20.2. The van der Waals surface area contributed by atoms with E-state index in [1.807, 2.05) is 13.0 Å². The third-order valence-corrected chi connectivity index (χ3v) is 6.38. The second-order valence-corrected chi connectivity index (χ2v) is 8.81. The first kappa shape index (κ1) is 24.1. The highest BCUT2D eigenvalue weighted by molar-refractivity contribution is 7.92. The zero-order valence-electron chi connectivity index (χ0n) is 19.4. The molecule has 1 aromatic heterocycles. The Morgan fingerprint density at radius 1 is 0.909 bits per heavy atom. The fraction of sp³-hybridized carbons (Fsp3) is 0.304. The third-order valence-electron chi connectivity index (χ3n) is 4.98. The molecule has 0 aliphatic carbocycles. The Kier molecular flexibility index (Phi) is 7.59. The lowest BCUT2D eigenvalue weighted by Gasteiger charge is -2.20. The molecule has 0 unspecified atom stereocenters. The first-order chi connectivity index (χ1) is 15.8. The molecule has 0 saturated heterocycles. The Labute approximate surface area is 194 Å². The summed E-state index contributed by atoms with van der Waals surface area (Å²) in [5.41, 5.74) is 1.17. The van der Waals surface area contributed by atoms with Crippen molar-refractivity contribution in [2.45, 2.75) is 25.7 Å². The van der Waals surface area contributed by atoms with E-state index in [2.05, 4.69) is 38.8 Å². The van der Waals surface area contributed by atoms with Gasteiger partial charge in [0.25, 0.3) is 10.0 Å². The minimum absolute atomic E-state index is 0.00746. The van der Waals surface area contributed by atoms with Gasteiger partial charge in [-0.3, -0.25) is 4.72 Å². The molecule has 10 heteroatoms. The lowest BCUT2D eigenvalue weighted by atomic mass is 10.3. The molecule has 0 amide bonds. The van der Waals surface area contributed by atoms with Crippen LogP contribution in [-0.2, 0) is 10.0 Å². The summed E-state index contributed by atoms with van der Waals surface area (Å²) in [6.45, 7) is 7.70. The summed E-state index contributed by atoms with van der Waals surface area (Å²) in [5, 5.41) is 3.25. The molecular weight excluding hydrogens is 442 g/mol. The molecular formula is C23H29N5O4S. The van der Waals surface area contributed by atoms with Gasteiger partial charge in [-0.05, 0) is 57.2 Å². The molecule has 9 nitrogen and oxygen atoms in total. The molecule has 0 aliphatic heterocycles. The zero-order chi connectivity index (χ0) is 24.0. The molecule has 176 valence electrons. The minimum atomic E-state index is -3.89. The van der Waals surface area contributed by atoms with E-state index in [0.29, 0.717) is 23.1 Å². The van der Waals surface area contributed by atoms with Crippen LogP contribution in [0.3, 0.4) is 0 Å². The van der Waals surface area contributed by atoms with E-state index in [4.69, 9.17) is 9.47 Å².